The summed E-state index contributed by atoms with van der Waals surface area (Å²) in [5, 5.41) is 26.3. The van der Waals surface area contributed by atoms with E-state index in [1.165, 1.54) is 29.7 Å². The van der Waals surface area contributed by atoms with E-state index in [2.05, 4.69) is 32.0 Å². The number of thiophene rings is 1. The second-order valence-corrected chi connectivity index (χ2v) is 15.5. The summed E-state index contributed by atoms with van der Waals surface area (Å²) < 4.78 is 22.6. The molecule has 0 saturated carbocycles. The molecular weight excluding hydrogens is 733 g/mol. The van der Waals surface area contributed by atoms with Crippen molar-refractivity contribution in [3.05, 3.63) is 90.1 Å². The summed E-state index contributed by atoms with van der Waals surface area (Å²) in [5.41, 5.74) is 2.66. The van der Waals surface area contributed by atoms with E-state index in [0.717, 1.165) is 0 Å². The van der Waals surface area contributed by atoms with Crippen molar-refractivity contribution in [2.24, 2.45) is 0 Å². The molecule has 254 valence electrons. The molecule has 4 heterocycles. The Kier molecular flexibility index (Phi) is 10.1. The van der Waals surface area contributed by atoms with Gasteiger partial charge in [-0.3, -0.25) is 4.98 Å². The highest BCUT2D eigenvalue weighted by atomic mass is 35.5. The van der Waals surface area contributed by atoms with Crippen LogP contribution in [-0.2, 0) is 4.74 Å². The molecule has 0 spiro atoms. The Hall–Kier alpha value is -3.86. The number of fused-ring (bicyclic) bond motifs is 1. The fourth-order valence-electron chi connectivity index (χ4n) is 5.55. The van der Waals surface area contributed by atoms with Crippen LogP contribution in [0.5, 0.6) is 0 Å². The summed E-state index contributed by atoms with van der Waals surface area (Å²) >= 11 is 26.9. The third-order valence-corrected chi connectivity index (χ3v) is 9.97. The number of nitrogens with one attached hydrogen (secondary N) is 2. The van der Waals surface area contributed by atoms with Crippen molar-refractivity contribution in [1.29, 1.82) is 5.26 Å². The van der Waals surface area contributed by atoms with Crippen LogP contribution in [0.25, 0.3) is 10.9 Å². The van der Waals surface area contributed by atoms with E-state index in [0.29, 0.717) is 78.8 Å². The highest BCUT2D eigenvalue weighted by Crippen LogP contribution is 2.41. The van der Waals surface area contributed by atoms with Gasteiger partial charge in [-0.2, -0.15) is 5.26 Å². The molecule has 5 aromatic rings. The molecule has 1 amide bonds. The summed E-state index contributed by atoms with van der Waals surface area (Å²) in [4.78, 5) is 18.7. The highest BCUT2D eigenvalue weighted by Gasteiger charge is 2.30. The van der Waals surface area contributed by atoms with Crippen molar-refractivity contribution >= 4 is 91.8 Å². The van der Waals surface area contributed by atoms with E-state index in [1.807, 2.05) is 31.6 Å². The molecule has 10 nitrogen and oxygen atoms in total. The molecule has 6 rings (SSSR count). The van der Waals surface area contributed by atoms with E-state index in [-0.39, 0.29) is 22.7 Å². The number of anilines is 3. The smallest absolute Gasteiger partial charge is 0.410 e. The Balaban J connectivity index is 1.32. The van der Waals surface area contributed by atoms with Crippen LogP contribution in [0.3, 0.4) is 0 Å². The average Bonchev–Trinajstić information content (AvgIpc) is 3.67. The van der Waals surface area contributed by atoms with E-state index in [1.54, 1.807) is 29.2 Å². The fourth-order valence-corrected chi connectivity index (χ4v) is 7.47. The minimum Gasteiger partial charge on any atom is -0.444 e. The summed E-state index contributed by atoms with van der Waals surface area (Å²) in [6, 6.07) is 11.1. The topological polar surface area (TPSA) is 121 Å². The molecule has 3 aromatic heterocycles. The maximum atomic E-state index is 14.3. The second-order valence-electron chi connectivity index (χ2n) is 12.4. The Labute approximate surface area is 305 Å². The van der Waals surface area contributed by atoms with Gasteiger partial charge >= 0.3 is 6.09 Å². The number of piperidine rings is 1. The number of benzene rings is 2. The van der Waals surface area contributed by atoms with Crippen LogP contribution < -0.4 is 10.6 Å². The molecule has 49 heavy (non-hydrogen) atoms. The third kappa shape index (κ3) is 7.82. The number of hydrogen-bond acceptors (Lipinski definition) is 9. The number of nitrogens with zero attached hydrogens (tertiary/aromatic N) is 6. The number of carbonyl (C=O) groups excluding carboxylic acids is 1. The number of carbonyl (C=O) groups is 1. The molecule has 1 aliphatic heterocycles. The second kappa shape index (κ2) is 14.2. The number of nitriles is 1. The number of aromatic nitrogens is 4. The molecule has 0 radical (unpaired) electrons. The molecule has 1 saturated heterocycles. The zero-order valence-electron chi connectivity index (χ0n) is 26.4. The summed E-state index contributed by atoms with van der Waals surface area (Å²) in [7, 11) is 0. The van der Waals surface area contributed by atoms with Gasteiger partial charge in [0.1, 0.15) is 27.5 Å². The van der Waals surface area contributed by atoms with Gasteiger partial charge in [-0.25, -0.2) is 13.9 Å². The fraction of sp³-hybridized carbons (Fsp3) is 0.303. The molecule has 1 atom stereocenters. The minimum absolute atomic E-state index is 0.0130. The predicted molar refractivity (Wildman–Crippen MR) is 192 cm³/mol. The lowest BCUT2D eigenvalue weighted by Crippen LogP contribution is -2.42. The van der Waals surface area contributed by atoms with Gasteiger partial charge in [-0.05, 0) is 70.0 Å². The van der Waals surface area contributed by atoms with Crippen LogP contribution in [0.2, 0.25) is 18.7 Å². The summed E-state index contributed by atoms with van der Waals surface area (Å²) in [6.07, 6.45) is 4.28. The van der Waals surface area contributed by atoms with Gasteiger partial charge in [0.25, 0.3) is 0 Å². The van der Waals surface area contributed by atoms with Gasteiger partial charge in [0.05, 0.1) is 49.4 Å². The van der Waals surface area contributed by atoms with Crippen LogP contribution in [0.1, 0.15) is 62.5 Å². The number of rotatable bonds is 7. The molecule has 0 unspecified atom stereocenters. The Morgan fingerprint density at radius 1 is 1.10 bits per heavy atom. The number of likely N-dealkylation sites (tertiary alicyclic amines) is 1. The van der Waals surface area contributed by atoms with Crippen molar-refractivity contribution < 1.29 is 13.9 Å². The van der Waals surface area contributed by atoms with Gasteiger partial charge < -0.3 is 20.3 Å². The van der Waals surface area contributed by atoms with E-state index < -0.39 is 17.5 Å². The quantitative estimate of drug-likeness (QED) is 0.168. The van der Waals surface area contributed by atoms with E-state index >= 15 is 0 Å². The lowest BCUT2D eigenvalue weighted by Gasteiger charge is -2.33. The first-order valence-corrected chi connectivity index (χ1v) is 17.5. The summed E-state index contributed by atoms with van der Waals surface area (Å²) in [6.45, 7) is 6.58. The van der Waals surface area contributed by atoms with Gasteiger partial charge in [-0.1, -0.05) is 51.6 Å². The zero-order chi connectivity index (χ0) is 35.0. The lowest BCUT2D eigenvalue weighted by molar-refractivity contribution is 0.0184. The van der Waals surface area contributed by atoms with Crippen LogP contribution in [0.4, 0.5) is 26.2 Å². The molecule has 2 N–H and O–H groups in total. The lowest BCUT2D eigenvalue weighted by atomic mass is 10.0. The molecule has 16 heteroatoms. The van der Waals surface area contributed by atoms with Gasteiger partial charge in [-0.15, -0.1) is 16.4 Å². The van der Waals surface area contributed by atoms with Crippen molar-refractivity contribution in [2.75, 3.05) is 23.7 Å². The predicted octanol–water partition coefficient (Wildman–Crippen LogP) is 10.0. The van der Waals surface area contributed by atoms with Crippen LogP contribution in [0, 0.1) is 17.1 Å². The highest BCUT2D eigenvalue weighted by molar-refractivity contribution is 7.20. The van der Waals surface area contributed by atoms with Crippen LogP contribution in [0.15, 0.2) is 48.8 Å². The van der Waals surface area contributed by atoms with E-state index in [4.69, 9.17) is 51.1 Å². The van der Waals surface area contributed by atoms with Gasteiger partial charge in [0.2, 0.25) is 0 Å². The first-order chi connectivity index (χ1) is 23.3. The van der Waals surface area contributed by atoms with Gasteiger partial charge in [0, 0.05) is 41.6 Å². The molecule has 2 aromatic carbocycles. The van der Waals surface area contributed by atoms with Crippen molar-refractivity contribution in [1.82, 2.24) is 24.9 Å². The molecule has 0 bridgehead atoms. The van der Waals surface area contributed by atoms with Gasteiger partial charge in [0.15, 0.2) is 0 Å². The first-order valence-electron chi connectivity index (χ1n) is 15.1. The van der Waals surface area contributed by atoms with Crippen LogP contribution >= 0.6 is 57.7 Å². The van der Waals surface area contributed by atoms with Crippen molar-refractivity contribution in [3.63, 3.8) is 0 Å². The maximum absolute atomic E-state index is 14.3. The monoisotopic (exact) mass is 760 g/mol. The number of ether oxygens (including phenoxy) is 1. The molecule has 1 fully saturated rings. The minimum atomic E-state index is -0.611. The van der Waals surface area contributed by atoms with E-state index in [9.17, 15) is 14.4 Å². The standard InChI is InChI=1S/C33H29Cl4FN8O2S/c1-33(2,3)48-32(47)45-8-6-20(7-9-45)46-16-26(43-44-46)30(22-13-27(36)49-31(22)37)42-19-10-21-28(41-18-4-5-23(34)25(38)12-18)17(14-39)15-40-29(21)24(35)11-19/h4-5,10-13,15-16,20,30,42H,6-9H2,1-3H3,(H,40,41)/t30-/m0/s1. The normalized spacial score (nSPS) is 14.5. The SMILES string of the molecule is CC(C)(C)OC(=O)N1CCC(n2cc([C@@H](Nc3cc(Cl)c4ncc(C#N)c(Nc5ccc(Cl)c(F)c5)c4c3)c3cc(Cl)sc3Cl)nn2)CC1. The van der Waals surface area contributed by atoms with Crippen LogP contribution in [-0.4, -0.2) is 49.7 Å². The number of hydrogen-bond donors (Lipinski definition) is 2. The van der Waals surface area contributed by atoms with Crippen molar-refractivity contribution in [2.45, 2.75) is 51.3 Å². The summed E-state index contributed by atoms with van der Waals surface area (Å²) in [5.74, 6) is -0.611. The third-order valence-electron chi connectivity index (χ3n) is 7.85. The Morgan fingerprint density at radius 2 is 1.86 bits per heavy atom. The first kappa shape index (κ1) is 35.0. The number of amides is 1. The zero-order valence-corrected chi connectivity index (χ0v) is 30.2. The Morgan fingerprint density at radius 3 is 2.51 bits per heavy atom. The maximum Gasteiger partial charge on any atom is 0.410 e. The van der Waals surface area contributed by atoms with Crippen molar-refractivity contribution in [3.8, 4) is 6.07 Å². The number of pyridine rings is 1. The Bertz CT molecular complexity index is 2090. The number of halogens is 5. The molecule has 1 aliphatic rings. The average molecular weight is 763 g/mol. The molecular formula is C33H29Cl4FN8O2S. The largest absolute Gasteiger partial charge is 0.444 e. The molecule has 0 aliphatic carbocycles.